The molecule has 4 N–H and O–H groups in total. The van der Waals surface area contributed by atoms with Gasteiger partial charge in [0, 0.05) is 25.9 Å². The molecule has 0 atom stereocenters. The number of oxime groups is 1. The normalized spacial score (nSPS) is 11.9. The molecule has 0 bridgehead atoms. The predicted molar refractivity (Wildman–Crippen MR) is 48.9 cm³/mol. The number of rotatable bonds is 6. The average Bonchev–Trinajstić information content (AvgIpc) is 2.69. The Hall–Kier alpha value is -1.63. The predicted octanol–water partition coefficient (Wildman–Crippen LogP) is -0.662. The standard InChI is InChI=1S/C7H13N5O2/c8-6(11-13)1-3-9-4-2-7-10-5-14-12-7/h5,9,13H,1-4H2,(H2,8,11). The Morgan fingerprint density at radius 2 is 2.50 bits per heavy atom. The lowest BCUT2D eigenvalue weighted by Crippen LogP contribution is -2.24. The molecule has 0 aliphatic carbocycles. The van der Waals surface area contributed by atoms with Crippen LogP contribution >= 0.6 is 0 Å². The van der Waals surface area contributed by atoms with Crippen molar-refractivity contribution in [2.24, 2.45) is 10.9 Å². The molecule has 0 saturated heterocycles. The first-order valence-corrected chi connectivity index (χ1v) is 4.25. The van der Waals surface area contributed by atoms with E-state index in [-0.39, 0.29) is 5.84 Å². The zero-order valence-corrected chi connectivity index (χ0v) is 7.68. The van der Waals surface area contributed by atoms with Gasteiger partial charge in [-0.3, -0.25) is 0 Å². The minimum absolute atomic E-state index is 0.220. The molecule has 0 aliphatic rings. The van der Waals surface area contributed by atoms with Crippen LogP contribution in [0.1, 0.15) is 12.2 Å². The zero-order chi connectivity index (χ0) is 10.2. The minimum atomic E-state index is 0.220. The van der Waals surface area contributed by atoms with E-state index in [9.17, 15) is 0 Å². The molecule has 0 amide bonds. The van der Waals surface area contributed by atoms with Gasteiger partial charge in [-0.2, -0.15) is 4.98 Å². The van der Waals surface area contributed by atoms with E-state index in [0.29, 0.717) is 25.2 Å². The summed E-state index contributed by atoms with van der Waals surface area (Å²) in [4.78, 5) is 3.86. The summed E-state index contributed by atoms with van der Waals surface area (Å²) in [5.41, 5.74) is 5.27. The molecule has 0 spiro atoms. The van der Waals surface area contributed by atoms with Gasteiger partial charge in [-0.25, -0.2) is 0 Å². The highest BCUT2D eigenvalue weighted by atomic mass is 16.5. The molecule has 0 fully saturated rings. The van der Waals surface area contributed by atoms with Crippen LogP contribution in [0.2, 0.25) is 0 Å². The van der Waals surface area contributed by atoms with Crippen LogP contribution in [0.5, 0.6) is 0 Å². The van der Waals surface area contributed by atoms with Crippen LogP contribution in [-0.4, -0.2) is 34.3 Å². The first-order valence-electron chi connectivity index (χ1n) is 4.25. The van der Waals surface area contributed by atoms with E-state index in [4.69, 9.17) is 10.9 Å². The highest BCUT2D eigenvalue weighted by Crippen LogP contribution is 1.87. The van der Waals surface area contributed by atoms with Gasteiger partial charge in [0.1, 0.15) is 5.84 Å². The Kier molecular flexibility index (Phi) is 4.42. The van der Waals surface area contributed by atoms with Crippen molar-refractivity contribution in [1.82, 2.24) is 15.5 Å². The molecule has 78 valence electrons. The summed E-state index contributed by atoms with van der Waals surface area (Å²) < 4.78 is 4.57. The molecule has 0 aliphatic heterocycles. The molecule has 7 heteroatoms. The van der Waals surface area contributed by atoms with Gasteiger partial charge < -0.3 is 20.8 Å². The van der Waals surface area contributed by atoms with Crippen molar-refractivity contribution in [3.63, 3.8) is 0 Å². The molecular weight excluding hydrogens is 186 g/mol. The Morgan fingerprint density at radius 3 is 3.14 bits per heavy atom. The summed E-state index contributed by atoms with van der Waals surface area (Å²) in [5.74, 6) is 0.887. The van der Waals surface area contributed by atoms with E-state index >= 15 is 0 Å². The Labute approximate surface area is 81.0 Å². The van der Waals surface area contributed by atoms with Gasteiger partial charge in [-0.15, -0.1) is 0 Å². The van der Waals surface area contributed by atoms with Gasteiger partial charge in [0.25, 0.3) is 0 Å². The maximum Gasteiger partial charge on any atom is 0.213 e. The number of nitrogens with one attached hydrogen (secondary N) is 1. The van der Waals surface area contributed by atoms with Crippen LogP contribution in [0.15, 0.2) is 16.1 Å². The van der Waals surface area contributed by atoms with Crippen molar-refractivity contribution in [2.75, 3.05) is 13.1 Å². The van der Waals surface area contributed by atoms with Gasteiger partial charge in [0.15, 0.2) is 5.82 Å². The number of nitrogens with zero attached hydrogens (tertiary/aromatic N) is 3. The van der Waals surface area contributed by atoms with Crippen LogP contribution in [0.4, 0.5) is 0 Å². The van der Waals surface area contributed by atoms with Crippen molar-refractivity contribution < 1.29 is 9.73 Å². The fraction of sp³-hybridized carbons (Fsp3) is 0.571. The third kappa shape index (κ3) is 3.85. The molecule has 0 saturated carbocycles. The lowest BCUT2D eigenvalue weighted by Gasteiger charge is -2.00. The van der Waals surface area contributed by atoms with Gasteiger partial charge in [0.05, 0.1) is 0 Å². The monoisotopic (exact) mass is 199 g/mol. The molecule has 0 unspecified atom stereocenters. The van der Waals surface area contributed by atoms with E-state index < -0.39 is 0 Å². The third-order valence-electron chi connectivity index (χ3n) is 1.62. The van der Waals surface area contributed by atoms with Crippen molar-refractivity contribution in [3.8, 4) is 0 Å². The van der Waals surface area contributed by atoms with Crippen molar-refractivity contribution in [1.29, 1.82) is 0 Å². The third-order valence-corrected chi connectivity index (χ3v) is 1.62. The van der Waals surface area contributed by atoms with Crippen LogP contribution in [0.3, 0.4) is 0 Å². The van der Waals surface area contributed by atoms with Gasteiger partial charge in [-0.1, -0.05) is 10.3 Å². The van der Waals surface area contributed by atoms with E-state index in [1.54, 1.807) is 0 Å². The minimum Gasteiger partial charge on any atom is -0.409 e. The summed E-state index contributed by atoms with van der Waals surface area (Å²) >= 11 is 0. The molecule has 0 aromatic carbocycles. The fourth-order valence-electron chi connectivity index (χ4n) is 0.894. The first-order chi connectivity index (χ1) is 6.83. The molecular formula is C7H13N5O2. The number of amidine groups is 1. The topological polar surface area (TPSA) is 110 Å². The Balaban J connectivity index is 2.00. The molecule has 0 radical (unpaired) electrons. The summed E-state index contributed by atoms with van der Waals surface area (Å²) in [5, 5.41) is 17.8. The van der Waals surface area contributed by atoms with Crippen LogP contribution in [0, 0.1) is 0 Å². The van der Waals surface area contributed by atoms with Crippen LogP contribution in [0.25, 0.3) is 0 Å². The van der Waals surface area contributed by atoms with E-state index in [0.717, 1.165) is 6.54 Å². The van der Waals surface area contributed by atoms with Crippen molar-refractivity contribution in [2.45, 2.75) is 12.8 Å². The van der Waals surface area contributed by atoms with Gasteiger partial charge >= 0.3 is 0 Å². The largest absolute Gasteiger partial charge is 0.409 e. The second-order valence-corrected chi connectivity index (χ2v) is 2.69. The zero-order valence-electron chi connectivity index (χ0n) is 7.68. The second-order valence-electron chi connectivity index (χ2n) is 2.69. The fourth-order valence-corrected chi connectivity index (χ4v) is 0.894. The maximum absolute atomic E-state index is 8.24. The van der Waals surface area contributed by atoms with Gasteiger partial charge in [-0.05, 0) is 0 Å². The quantitative estimate of drug-likeness (QED) is 0.184. The summed E-state index contributed by atoms with van der Waals surface area (Å²) in [6, 6.07) is 0. The lowest BCUT2D eigenvalue weighted by molar-refractivity contribution is 0.316. The molecule has 1 aromatic heterocycles. The summed E-state index contributed by atoms with van der Waals surface area (Å²) in [7, 11) is 0. The number of nitrogens with two attached hydrogens (primary N) is 1. The Bertz CT molecular complexity index is 272. The summed E-state index contributed by atoms with van der Waals surface area (Å²) in [6.45, 7) is 1.39. The lowest BCUT2D eigenvalue weighted by atomic mass is 10.3. The average molecular weight is 199 g/mol. The maximum atomic E-state index is 8.24. The number of hydrogen-bond donors (Lipinski definition) is 3. The van der Waals surface area contributed by atoms with Crippen LogP contribution < -0.4 is 11.1 Å². The Morgan fingerprint density at radius 1 is 1.64 bits per heavy atom. The molecule has 14 heavy (non-hydrogen) atoms. The van der Waals surface area contributed by atoms with Gasteiger partial charge in [0.2, 0.25) is 6.39 Å². The number of aromatic nitrogens is 2. The van der Waals surface area contributed by atoms with Crippen LogP contribution in [-0.2, 0) is 6.42 Å². The summed E-state index contributed by atoms with van der Waals surface area (Å²) in [6.07, 6.45) is 2.52. The molecule has 1 heterocycles. The molecule has 7 nitrogen and oxygen atoms in total. The first kappa shape index (κ1) is 10.5. The van der Waals surface area contributed by atoms with E-state index in [1.165, 1.54) is 6.39 Å². The molecule has 1 aromatic rings. The van der Waals surface area contributed by atoms with E-state index in [1.807, 2.05) is 0 Å². The number of hydrogen-bond acceptors (Lipinski definition) is 6. The smallest absolute Gasteiger partial charge is 0.213 e. The molecule has 1 rings (SSSR count). The SMILES string of the molecule is NC(CCNCCc1ncon1)=NO. The second kappa shape index (κ2) is 5.92. The van der Waals surface area contributed by atoms with Crippen molar-refractivity contribution >= 4 is 5.84 Å². The van der Waals surface area contributed by atoms with E-state index in [2.05, 4.69) is 25.1 Å². The highest BCUT2D eigenvalue weighted by Gasteiger charge is 1.97. The highest BCUT2D eigenvalue weighted by molar-refractivity contribution is 5.79. The van der Waals surface area contributed by atoms with Crippen molar-refractivity contribution in [3.05, 3.63) is 12.2 Å².